The molecule has 3 aromatic heterocycles. The molecule has 1 N–H and O–H groups in total. The van der Waals surface area contributed by atoms with Crippen LogP contribution in [0.4, 0.5) is 0 Å². The fourth-order valence-electron chi connectivity index (χ4n) is 3.23. The van der Waals surface area contributed by atoms with Gasteiger partial charge in [-0.15, -0.1) is 0 Å². The first-order chi connectivity index (χ1) is 12.1. The number of hydrogen-bond acceptors (Lipinski definition) is 4. The van der Waals surface area contributed by atoms with Gasteiger partial charge in [-0.1, -0.05) is 12.8 Å². The molecule has 0 aliphatic heterocycles. The number of H-pyrrole nitrogens is 1. The van der Waals surface area contributed by atoms with Crippen LogP contribution in [0.5, 0.6) is 0 Å². The monoisotopic (exact) mass is 308 g/mol. The first kappa shape index (κ1) is 11.8. The number of fused-ring (bicyclic) bond motifs is 1. The van der Waals surface area contributed by atoms with Crippen LogP contribution in [-0.4, -0.2) is 24.7 Å². The minimum absolute atomic E-state index is 0.0685. The molecule has 0 unspecified atom stereocenters. The van der Waals surface area contributed by atoms with E-state index < -0.39 is 11.9 Å². The highest BCUT2D eigenvalue weighted by atomic mass is 15.3. The van der Waals surface area contributed by atoms with Crippen molar-refractivity contribution in [2.24, 2.45) is 5.89 Å². The number of nitrogens with one attached hydrogen (secondary N) is 1. The topological polar surface area (TPSA) is 83.2 Å². The van der Waals surface area contributed by atoms with Crippen LogP contribution >= 0.6 is 0 Å². The van der Waals surface area contributed by atoms with Crippen molar-refractivity contribution in [2.75, 3.05) is 0 Å². The van der Waals surface area contributed by atoms with Gasteiger partial charge < -0.3 is 4.98 Å². The van der Waals surface area contributed by atoms with Crippen molar-refractivity contribution in [3.05, 3.63) is 31.0 Å². The summed E-state index contributed by atoms with van der Waals surface area (Å²) < 4.78 is 19.2. The van der Waals surface area contributed by atoms with E-state index in [1.54, 1.807) is 18.6 Å². The summed E-state index contributed by atoms with van der Waals surface area (Å²) >= 11 is 0. The molecule has 0 saturated heterocycles. The molecule has 23 heavy (non-hydrogen) atoms. The summed E-state index contributed by atoms with van der Waals surface area (Å²) in [4.78, 5) is 11.6. The van der Waals surface area contributed by atoms with E-state index >= 15 is 0 Å². The number of hydrogen-bond donors (Lipinski definition) is 1. The zero-order valence-corrected chi connectivity index (χ0v) is 12.7. The van der Waals surface area contributed by atoms with Gasteiger partial charge in [-0.3, -0.25) is 4.68 Å². The number of rotatable bonds is 4. The van der Waals surface area contributed by atoms with Crippen molar-refractivity contribution in [1.82, 2.24) is 24.7 Å². The molecule has 0 radical (unpaired) electrons. The second-order valence-electron chi connectivity index (χ2n) is 5.73. The Kier molecular flexibility index (Phi) is 3.00. The second-order valence-corrected chi connectivity index (χ2v) is 5.73. The summed E-state index contributed by atoms with van der Waals surface area (Å²) in [5, 5.41) is 14.5. The first-order valence-electron chi connectivity index (χ1n) is 8.78. The maximum atomic E-state index is 9.26. The Morgan fingerprint density at radius 3 is 3.17 bits per heavy atom. The molecule has 1 aliphatic rings. The van der Waals surface area contributed by atoms with Crippen LogP contribution in [-0.2, 0) is 0 Å². The number of aromatic nitrogens is 5. The summed E-state index contributed by atoms with van der Waals surface area (Å²) in [5.41, 5.74) is 2.21. The smallest absolute Gasteiger partial charge is 0.141 e. The van der Waals surface area contributed by atoms with Gasteiger partial charge in [-0.25, -0.2) is 9.97 Å². The van der Waals surface area contributed by atoms with Crippen LogP contribution in [0.15, 0.2) is 31.0 Å². The fourth-order valence-corrected chi connectivity index (χ4v) is 3.23. The number of aromatic amines is 1. The summed E-state index contributed by atoms with van der Waals surface area (Å²) in [7, 11) is 0. The van der Waals surface area contributed by atoms with Crippen LogP contribution in [0.25, 0.3) is 22.3 Å². The Morgan fingerprint density at radius 2 is 2.35 bits per heavy atom. The Hall–Kier alpha value is -2.68. The normalized spacial score (nSPS) is 20.7. The first-order valence-corrected chi connectivity index (χ1v) is 7.78. The number of nitriles is 1. The average molecular weight is 308 g/mol. The molecular formula is C17H18N6. The van der Waals surface area contributed by atoms with Gasteiger partial charge in [0.2, 0.25) is 0 Å². The SMILES string of the molecule is [2H]C1([C@]([2H])(CC#N)n2cc(-c3ncnc4[nH]ccc34)cn2)CCCC1. The highest BCUT2D eigenvalue weighted by Crippen LogP contribution is 2.36. The van der Waals surface area contributed by atoms with Gasteiger partial charge in [0.05, 0.1) is 31.8 Å². The molecule has 1 saturated carbocycles. The van der Waals surface area contributed by atoms with Gasteiger partial charge in [-0.2, -0.15) is 10.4 Å². The third-order valence-electron chi connectivity index (χ3n) is 4.35. The lowest BCUT2D eigenvalue weighted by molar-refractivity contribution is 0.315. The quantitative estimate of drug-likeness (QED) is 0.800. The average Bonchev–Trinajstić information content (AvgIpc) is 3.35. The van der Waals surface area contributed by atoms with E-state index in [-0.39, 0.29) is 6.42 Å². The van der Waals surface area contributed by atoms with Gasteiger partial charge in [0.15, 0.2) is 0 Å². The van der Waals surface area contributed by atoms with Crippen LogP contribution in [0, 0.1) is 17.2 Å². The molecule has 1 atom stereocenters. The van der Waals surface area contributed by atoms with Gasteiger partial charge >= 0.3 is 0 Å². The maximum absolute atomic E-state index is 9.26. The van der Waals surface area contributed by atoms with Gasteiger partial charge in [0, 0.05) is 24.7 Å². The molecular weight excluding hydrogens is 288 g/mol. The van der Waals surface area contributed by atoms with Crippen LogP contribution in [0.3, 0.4) is 0 Å². The van der Waals surface area contributed by atoms with Crippen molar-refractivity contribution in [1.29, 1.82) is 5.26 Å². The van der Waals surface area contributed by atoms with Gasteiger partial charge in [-0.05, 0) is 24.8 Å². The van der Waals surface area contributed by atoms with Gasteiger partial charge in [0.25, 0.3) is 0 Å². The maximum Gasteiger partial charge on any atom is 0.141 e. The molecule has 0 amide bonds. The van der Waals surface area contributed by atoms with Crippen LogP contribution < -0.4 is 0 Å². The molecule has 1 aliphatic carbocycles. The lowest BCUT2D eigenvalue weighted by atomic mass is 9.96. The molecule has 6 heteroatoms. The fraction of sp³-hybridized carbons (Fsp3) is 0.412. The summed E-state index contributed by atoms with van der Waals surface area (Å²) in [6.07, 6.45) is 9.65. The molecule has 3 aromatic rings. The zero-order valence-electron chi connectivity index (χ0n) is 14.7. The van der Waals surface area contributed by atoms with Crippen LogP contribution in [0.1, 0.15) is 40.9 Å². The molecule has 4 rings (SSSR count). The summed E-state index contributed by atoms with van der Waals surface area (Å²) in [5.74, 6) is -0.999. The second kappa shape index (κ2) is 5.84. The molecule has 0 spiro atoms. The molecule has 3 heterocycles. The van der Waals surface area contributed by atoms with E-state index in [0.717, 1.165) is 35.1 Å². The lowest BCUT2D eigenvalue weighted by Gasteiger charge is -2.21. The lowest BCUT2D eigenvalue weighted by Crippen LogP contribution is -2.17. The minimum atomic E-state index is -1.40. The van der Waals surface area contributed by atoms with E-state index in [1.165, 1.54) is 11.0 Å². The summed E-state index contributed by atoms with van der Waals surface area (Å²) in [6.45, 7) is 0. The van der Waals surface area contributed by atoms with E-state index in [1.807, 2.05) is 6.07 Å². The highest BCUT2D eigenvalue weighted by molar-refractivity contribution is 5.89. The van der Waals surface area contributed by atoms with E-state index in [2.05, 4.69) is 26.1 Å². The standard InChI is InChI=1S/C17H18N6/c18-7-5-15(12-3-1-2-4-12)23-10-13(9-22-23)16-14-6-8-19-17(14)21-11-20-16/h6,8-12,15H,1-5H2,(H,19,20,21)/t15-/m0/s1/i12D,15D. The Morgan fingerprint density at radius 1 is 1.48 bits per heavy atom. The molecule has 1 fully saturated rings. The molecule has 0 aromatic carbocycles. The van der Waals surface area contributed by atoms with Gasteiger partial charge in [0.1, 0.15) is 12.0 Å². The van der Waals surface area contributed by atoms with Crippen molar-refractivity contribution in [2.45, 2.75) is 38.1 Å². The van der Waals surface area contributed by atoms with Crippen molar-refractivity contribution in [3.8, 4) is 17.3 Å². The third-order valence-corrected chi connectivity index (χ3v) is 4.35. The van der Waals surface area contributed by atoms with Crippen LogP contribution in [0.2, 0.25) is 0 Å². The van der Waals surface area contributed by atoms with E-state index in [9.17, 15) is 5.26 Å². The zero-order chi connectivity index (χ0) is 17.5. The molecule has 0 bridgehead atoms. The van der Waals surface area contributed by atoms with Crippen molar-refractivity contribution >= 4 is 11.0 Å². The predicted molar refractivity (Wildman–Crippen MR) is 86.3 cm³/mol. The Bertz CT molecular complexity index is 949. The van der Waals surface area contributed by atoms with Crippen molar-refractivity contribution < 1.29 is 2.74 Å². The van der Waals surface area contributed by atoms with Crippen molar-refractivity contribution in [3.63, 3.8) is 0 Å². The Balaban J connectivity index is 1.79. The highest BCUT2D eigenvalue weighted by Gasteiger charge is 2.27. The summed E-state index contributed by atoms with van der Waals surface area (Å²) in [6, 6.07) is 2.58. The van der Waals surface area contributed by atoms with E-state index in [4.69, 9.17) is 2.74 Å². The van der Waals surface area contributed by atoms with E-state index in [0.29, 0.717) is 12.8 Å². The predicted octanol–water partition coefficient (Wildman–Crippen LogP) is 3.47. The Labute approximate surface area is 137 Å². The molecule has 6 nitrogen and oxygen atoms in total. The minimum Gasteiger partial charge on any atom is -0.346 e. The largest absolute Gasteiger partial charge is 0.346 e. The number of nitrogens with zero attached hydrogens (tertiary/aromatic N) is 5. The third kappa shape index (κ3) is 2.48. The molecule has 116 valence electrons.